The van der Waals surface area contributed by atoms with Gasteiger partial charge < -0.3 is 4.98 Å². The third kappa shape index (κ3) is 2.15. The lowest BCUT2D eigenvalue weighted by Gasteiger charge is -2.04. The van der Waals surface area contributed by atoms with Crippen LogP contribution >= 0.6 is 11.6 Å². The fraction of sp³-hybridized carbons (Fsp3) is 0.0714. The maximum absolute atomic E-state index is 13.2. The third-order valence-electron chi connectivity index (χ3n) is 2.99. The Morgan fingerprint density at radius 2 is 2.00 bits per heavy atom. The standard InChI is InChI=1S/C14H10ClFN2O/c15-11-5-2-6-12-13(11)17-14(19)18(12)8-9-3-1-4-10(16)7-9/h1-7H,8H2,(H,17,19). The Morgan fingerprint density at radius 1 is 1.21 bits per heavy atom. The molecule has 0 atom stereocenters. The van der Waals surface area contributed by atoms with Crippen molar-refractivity contribution < 1.29 is 4.39 Å². The van der Waals surface area contributed by atoms with Crippen LogP contribution in [0.15, 0.2) is 47.3 Å². The Bertz CT molecular complexity index is 807. The number of H-pyrrole nitrogens is 1. The Kier molecular flexibility index (Phi) is 2.87. The molecule has 3 aromatic rings. The molecule has 0 amide bonds. The minimum atomic E-state index is -0.316. The summed E-state index contributed by atoms with van der Waals surface area (Å²) in [6, 6.07) is 11.5. The number of hydrogen-bond donors (Lipinski definition) is 1. The first kappa shape index (κ1) is 12.0. The topological polar surface area (TPSA) is 37.8 Å². The number of hydrogen-bond acceptors (Lipinski definition) is 1. The van der Waals surface area contributed by atoms with Crippen molar-refractivity contribution in [3.63, 3.8) is 0 Å². The van der Waals surface area contributed by atoms with Crippen molar-refractivity contribution in [1.82, 2.24) is 9.55 Å². The summed E-state index contributed by atoms with van der Waals surface area (Å²) in [5.74, 6) is -0.316. The van der Waals surface area contributed by atoms with E-state index in [1.165, 1.54) is 16.7 Å². The van der Waals surface area contributed by atoms with E-state index in [4.69, 9.17) is 11.6 Å². The maximum atomic E-state index is 13.2. The second kappa shape index (κ2) is 4.55. The van der Waals surface area contributed by atoms with E-state index in [2.05, 4.69) is 4.98 Å². The molecule has 0 aliphatic carbocycles. The zero-order chi connectivity index (χ0) is 13.4. The van der Waals surface area contributed by atoms with Crippen molar-refractivity contribution in [2.75, 3.05) is 0 Å². The van der Waals surface area contributed by atoms with Crippen molar-refractivity contribution in [3.05, 3.63) is 69.4 Å². The molecule has 0 spiro atoms. The van der Waals surface area contributed by atoms with E-state index in [0.29, 0.717) is 22.6 Å². The van der Waals surface area contributed by atoms with Gasteiger partial charge in [-0.25, -0.2) is 9.18 Å². The van der Waals surface area contributed by atoms with Crippen LogP contribution in [-0.4, -0.2) is 9.55 Å². The highest BCUT2D eigenvalue weighted by molar-refractivity contribution is 6.34. The van der Waals surface area contributed by atoms with E-state index in [1.807, 2.05) is 0 Å². The number of para-hydroxylation sites is 1. The minimum Gasteiger partial charge on any atom is -0.304 e. The van der Waals surface area contributed by atoms with Crippen molar-refractivity contribution in [1.29, 1.82) is 0 Å². The second-order valence-electron chi connectivity index (χ2n) is 4.28. The van der Waals surface area contributed by atoms with Crippen molar-refractivity contribution >= 4 is 22.6 Å². The van der Waals surface area contributed by atoms with Gasteiger partial charge in [-0.15, -0.1) is 0 Å². The second-order valence-corrected chi connectivity index (χ2v) is 4.69. The highest BCUT2D eigenvalue weighted by Gasteiger charge is 2.09. The minimum absolute atomic E-state index is 0.257. The molecule has 1 heterocycles. The normalized spacial score (nSPS) is 11.1. The summed E-state index contributed by atoms with van der Waals surface area (Å²) in [6.45, 7) is 0.303. The van der Waals surface area contributed by atoms with Gasteiger partial charge in [0.25, 0.3) is 0 Å². The Balaban J connectivity index is 2.13. The van der Waals surface area contributed by atoms with Gasteiger partial charge in [-0.05, 0) is 29.8 Å². The van der Waals surface area contributed by atoms with E-state index < -0.39 is 0 Å². The van der Waals surface area contributed by atoms with Crippen molar-refractivity contribution in [2.45, 2.75) is 6.54 Å². The fourth-order valence-electron chi connectivity index (χ4n) is 2.12. The molecule has 0 radical (unpaired) electrons. The molecule has 0 aliphatic heterocycles. The van der Waals surface area contributed by atoms with Crippen LogP contribution in [-0.2, 0) is 6.54 Å². The lowest BCUT2D eigenvalue weighted by molar-refractivity contribution is 0.623. The van der Waals surface area contributed by atoms with Crippen LogP contribution in [0.1, 0.15) is 5.56 Å². The van der Waals surface area contributed by atoms with E-state index >= 15 is 0 Å². The Morgan fingerprint density at radius 3 is 2.79 bits per heavy atom. The molecule has 19 heavy (non-hydrogen) atoms. The summed E-state index contributed by atoms with van der Waals surface area (Å²) in [7, 11) is 0. The number of nitrogens with one attached hydrogen (secondary N) is 1. The molecule has 5 heteroatoms. The Labute approximate surface area is 113 Å². The predicted octanol–water partition coefficient (Wildman–Crippen LogP) is 3.17. The number of nitrogens with zero attached hydrogens (tertiary/aromatic N) is 1. The van der Waals surface area contributed by atoms with Crippen LogP contribution in [0.25, 0.3) is 11.0 Å². The largest absolute Gasteiger partial charge is 0.326 e. The first-order valence-electron chi connectivity index (χ1n) is 5.76. The van der Waals surface area contributed by atoms with E-state index in [1.54, 1.807) is 30.3 Å². The van der Waals surface area contributed by atoms with Gasteiger partial charge in [0.1, 0.15) is 5.82 Å². The fourth-order valence-corrected chi connectivity index (χ4v) is 2.34. The molecule has 0 bridgehead atoms. The van der Waals surface area contributed by atoms with Crippen LogP contribution in [0.4, 0.5) is 4.39 Å². The summed E-state index contributed by atoms with van der Waals surface area (Å²) in [5, 5.41) is 0.493. The maximum Gasteiger partial charge on any atom is 0.326 e. The zero-order valence-corrected chi connectivity index (χ0v) is 10.6. The average Bonchev–Trinajstić information content (AvgIpc) is 2.69. The smallest absolute Gasteiger partial charge is 0.304 e. The predicted molar refractivity (Wildman–Crippen MR) is 73.1 cm³/mol. The van der Waals surface area contributed by atoms with Gasteiger partial charge in [0, 0.05) is 0 Å². The molecular weight excluding hydrogens is 267 g/mol. The molecule has 1 aromatic heterocycles. The molecule has 0 fully saturated rings. The lowest BCUT2D eigenvalue weighted by atomic mass is 10.2. The summed E-state index contributed by atoms with van der Waals surface area (Å²) in [5.41, 5.74) is 1.78. The SMILES string of the molecule is O=c1[nH]c2c(Cl)cccc2n1Cc1cccc(F)c1. The van der Waals surface area contributed by atoms with Crippen LogP contribution < -0.4 is 5.69 Å². The number of fused-ring (bicyclic) bond motifs is 1. The number of halogens is 2. The molecule has 96 valence electrons. The summed E-state index contributed by atoms with van der Waals surface area (Å²) in [6.07, 6.45) is 0. The molecular formula is C14H10ClFN2O. The Hall–Kier alpha value is -2.07. The summed E-state index contributed by atoms with van der Waals surface area (Å²) >= 11 is 6.03. The molecule has 0 saturated carbocycles. The van der Waals surface area contributed by atoms with E-state index in [-0.39, 0.29) is 11.5 Å². The van der Waals surface area contributed by atoms with Gasteiger partial charge in [0.05, 0.1) is 22.6 Å². The number of aromatic nitrogens is 2. The molecule has 0 unspecified atom stereocenters. The highest BCUT2D eigenvalue weighted by Crippen LogP contribution is 2.20. The third-order valence-corrected chi connectivity index (χ3v) is 3.30. The van der Waals surface area contributed by atoms with Crippen LogP contribution in [0.3, 0.4) is 0 Å². The molecule has 0 saturated heterocycles. The molecule has 3 nitrogen and oxygen atoms in total. The van der Waals surface area contributed by atoms with Crippen LogP contribution in [0.2, 0.25) is 5.02 Å². The first-order valence-corrected chi connectivity index (χ1v) is 6.14. The quantitative estimate of drug-likeness (QED) is 0.767. The average molecular weight is 277 g/mol. The molecule has 1 N–H and O–H groups in total. The van der Waals surface area contributed by atoms with Gasteiger partial charge in [-0.2, -0.15) is 0 Å². The van der Waals surface area contributed by atoms with E-state index in [9.17, 15) is 9.18 Å². The van der Waals surface area contributed by atoms with E-state index in [0.717, 1.165) is 5.56 Å². The number of imidazole rings is 1. The van der Waals surface area contributed by atoms with Gasteiger partial charge >= 0.3 is 5.69 Å². The monoisotopic (exact) mass is 276 g/mol. The van der Waals surface area contributed by atoms with Crippen LogP contribution in [0.5, 0.6) is 0 Å². The van der Waals surface area contributed by atoms with Crippen molar-refractivity contribution in [3.8, 4) is 0 Å². The molecule has 3 rings (SSSR count). The first-order chi connectivity index (χ1) is 9.15. The number of rotatable bonds is 2. The van der Waals surface area contributed by atoms with Crippen molar-refractivity contribution in [2.24, 2.45) is 0 Å². The van der Waals surface area contributed by atoms with Gasteiger partial charge in [0.15, 0.2) is 0 Å². The molecule has 2 aromatic carbocycles. The zero-order valence-electron chi connectivity index (χ0n) is 9.86. The number of benzene rings is 2. The highest BCUT2D eigenvalue weighted by atomic mass is 35.5. The van der Waals surface area contributed by atoms with Gasteiger partial charge in [0.2, 0.25) is 0 Å². The van der Waals surface area contributed by atoms with Crippen LogP contribution in [0, 0.1) is 5.82 Å². The molecule has 0 aliphatic rings. The lowest BCUT2D eigenvalue weighted by Crippen LogP contribution is -2.17. The van der Waals surface area contributed by atoms with Gasteiger partial charge in [-0.3, -0.25) is 4.57 Å². The van der Waals surface area contributed by atoms with Gasteiger partial charge in [-0.1, -0.05) is 29.8 Å². The summed E-state index contributed by atoms with van der Waals surface area (Å²) in [4.78, 5) is 14.6. The number of aromatic amines is 1. The summed E-state index contributed by atoms with van der Waals surface area (Å²) < 4.78 is 14.7.